The Morgan fingerprint density at radius 3 is 1.60 bits per heavy atom. The van der Waals surface area contributed by atoms with Crippen LogP contribution < -0.4 is 4.74 Å². The smallest absolute Gasteiger partial charge is 0.119 e. The third kappa shape index (κ3) is 16.8. The van der Waals surface area contributed by atoms with E-state index in [1.807, 2.05) is 11.8 Å². The molecule has 0 aliphatic heterocycles. The molecular weight excluding hydrogens is 444 g/mol. The van der Waals surface area contributed by atoms with Crippen molar-refractivity contribution >= 4 is 11.8 Å². The van der Waals surface area contributed by atoms with Gasteiger partial charge < -0.3 is 4.74 Å². The number of ether oxygens (including phenoxy) is 1. The highest BCUT2D eigenvalue weighted by Crippen LogP contribution is 2.18. The van der Waals surface area contributed by atoms with Crippen LogP contribution in [0.5, 0.6) is 5.75 Å². The molecule has 0 bridgehead atoms. The van der Waals surface area contributed by atoms with E-state index in [4.69, 9.17) is 4.74 Å². The van der Waals surface area contributed by atoms with Crippen molar-refractivity contribution in [2.45, 2.75) is 122 Å². The van der Waals surface area contributed by atoms with Crippen LogP contribution in [0.4, 0.5) is 0 Å². The molecule has 35 heavy (non-hydrogen) atoms. The molecule has 2 aromatic carbocycles. The Labute approximate surface area is 221 Å². The van der Waals surface area contributed by atoms with Crippen molar-refractivity contribution in [1.82, 2.24) is 0 Å². The fraction of sp³-hybridized carbons (Fsp3) is 0.636. The van der Waals surface area contributed by atoms with Crippen LogP contribution in [-0.4, -0.2) is 12.4 Å². The van der Waals surface area contributed by atoms with Gasteiger partial charge in [0.15, 0.2) is 0 Å². The second-order valence-corrected chi connectivity index (χ2v) is 11.2. The summed E-state index contributed by atoms with van der Waals surface area (Å²) in [4.78, 5) is 0. The molecule has 0 fully saturated rings. The minimum Gasteiger partial charge on any atom is -0.494 e. The van der Waals surface area contributed by atoms with Crippen molar-refractivity contribution in [3.8, 4) is 5.75 Å². The van der Waals surface area contributed by atoms with Gasteiger partial charge in [0.25, 0.3) is 0 Å². The third-order valence-corrected chi connectivity index (χ3v) is 7.87. The first-order valence-electron chi connectivity index (χ1n) is 14.7. The minimum atomic E-state index is 0.852. The predicted octanol–water partition coefficient (Wildman–Crippen LogP) is 10.8. The topological polar surface area (TPSA) is 9.23 Å². The van der Waals surface area contributed by atoms with Gasteiger partial charge >= 0.3 is 0 Å². The summed E-state index contributed by atoms with van der Waals surface area (Å²) in [5.41, 5.74) is 2.82. The molecule has 0 N–H and O–H groups in total. The van der Waals surface area contributed by atoms with Gasteiger partial charge in [0.05, 0.1) is 6.61 Å². The van der Waals surface area contributed by atoms with Crippen molar-refractivity contribution < 1.29 is 4.74 Å². The Balaban J connectivity index is 1.33. The summed E-state index contributed by atoms with van der Waals surface area (Å²) in [6.07, 6.45) is 23.6. The molecule has 1 nitrogen and oxygen atoms in total. The molecule has 0 unspecified atom stereocenters. The maximum absolute atomic E-state index is 5.96. The predicted molar refractivity (Wildman–Crippen MR) is 158 cm³/mol. The fourth-order valence-corrected chi connectivity index (χ4v) is 5.50. The normalized spacial score (nSPS) is 11.1. The minimum absolute atomic E-state index is 0.852. The van der Waals surface area contributed by atoms with Crippen LogP contribution in [0.25, 0.3) is 0 Å². The van der Waals surface area contributed by atoms with E-state index < -0.39 is 0 Å². The average Bonchev–Trinajstić information content (AvgIpc) is 2.90. The van der Waals surface area contributed by atoms with Crippen molar-refractivity contribution in [3.63, 3.8) is 0 Å². The second-order valence-electron chi connectivity index (χ2n) is 10.1. The molecular formula is C33H52OS. The van der Waals surface area contributed by atoms with Gasteiger partial charge in [0.1, 0.15) is 5.75 Å². The summed E-state index contributed by atoms with van der Waals surface area (Å²) in [6, 6.07) is 19.5. The molecule has 0 radical (unpaired) electrons. The van der Waals surface area contributed by atoms with Crippen LogP contribution in [-0.2, 0) is 12.2 Å². The third-order valence-electron chi connectivity index (χ3n) is 6.84. The zero-order valence-electron chi connectivity index (χ0n) is 22.7. The van der Waals surface area contributed by atoms with E-state index in [2.05, 4.69) is 61.5 Å². The number of rotatable bonds is 23. The molecule has 0 aliphatic rings. The Morgan fingerprint density at radius 1 is 0.543 bits per heavy atom. The number of thioether (sulfide) groups is 1. The van der Waals surface area contributed by atoms with Crippen LogP contribution in [0.1, 0.15) is 121 Å². The Kier molecular flexibility index (Phi) is 18.6. The summed E-state index contributed by atoms with van der Waals surface area (Å²) in [5.74, 6) is 3.28. The van der Waals surface area contributed by atoms with Crippen LogP contribution in [0.15, 0.2) is 54.6 Å². The van der Waals surface area contributed by atoms with Crippen molar-refractivity contribution in [2.24, 2.45) is 0 Å². The lowest BCUT2D eigenvalue weighted by Crippen LogP contribution is -1.98. The first-order chi connectivity index (χ1) is 17.4. The van der Waals surface area contributed by atoms with Crippen molar-refractivity contribution in [1.29, 1.82) is 0 Å². The first-order valence-corrected chi connectivity index (χ1v) is 15.9. The molecule has 0 aromatic heterocycles. The molecule has 0 saturated carbocycles. The fourth-order valence-electron chi connectivity index (χ4n) is 4.55. The standard InChI is InChI=1S/C33H52OS/c1-2-3-4-5-6-7-8-9-10-11-12-13-14-15-16-20-28-34-33-25-23-31(24-26-33)27-29-35-30-32-21-18-17-19-22-32/h17-19,21-26H,2-16,20,27-30H2,1H3. The zero-order valence-corrected chi connectivity index (χ0v) is 23.5. The van der Waals surface area contributed by atoms with Gasteiger partial charge in [-0.2, -0.15) is 11.8 Å². The average molecular weight is 497 g/mol. The van der Waals surface area contributed by atoms with E-state index in [9.17, 15) is 0 Å². The van der Waals surface area contributed by atoms with Crippen LogP contribution in [0, 0.1) is 0 Å². The number of benzene rings is 2. The monoisotopic (exact) mass is 496 g/mol. The lowest BCUT2D eigenvalue weighted by Gasteiger charge is -2.08. The van der Waals surface area contributed by atoms with Gasteiger partial charge in [-0.15, -0.1) is 0 Å². The summed E-state index contributed by atoms with van der Waals surface area (Å²) in [7, 11) is 0. The molecule has 0 atom stereocenters. The molecule has 0 spiro atoms. The van der Waals surface area contributed by atoms with Crippen LogP contribution in [0.2, 0.25) is 0 Å². The van der Waals surface area contributed by atoms with Gasteiger partial charge in [0.2, 0.25) is 0 Å². The molecule has 2 rings (SSSR count). The zero-order chi connectivity index (χ0) is 24.7. The van der Waals surface area contributed by atoms with Gasteiger partial charge in [-0.3, -0.25) is 0 Å². The van der Waals surface area contributed by atoms with Gasteiger partial charge in [-0.25, -0.2) is 0 Å². The van der Waals surface area contributed by atoms with E-state index in [0.29, 0.717) is 0 Å². The summed E-state index contributed by atoms with van der Waals surface area (Å²) >= 11 is 2.01. The Bertz CT molecular complexity index is 697. The number of unbranched alkanes of at least 4 members (excludes halogenated alkanes) is 15. The molecule has 0 amide bonds. The second kappa shape index (κ2) is 21.8. The van der Waals surface area contributed by atoms with Gasteiger partial charge in [0, 0.05) is 5.75 Å². The first kappa shape index (κ1) is 29.8. The number of aryl methyl sites for hydroxylation is 1. The van der Waals surface area contributed by atoms with E-state index in [0.717, 1.165) is 30.3 Å². The van der Waals surface area contributed by atoms with E-state index in [1.54, 1.807) is 0 Å². The maximum Gasteiger partial charge on any atom is 0.119 e. The summed E-state index contributed by atoms with van der Waals surface area (Å²) in [6.45, 7) is 3.15. The van der Waals surface area contributed by atoms with Gasteiger partial charge in [-0.1, -0.05) is 146 Å². The quantitative estimate of drug-likeness (QED) is 0.141. The van der Waals surface area contributed by atoms with Gasteiger partial charge in [-0.05, 0) is 41.9 Å². The maximum atomic E-state index is 5.96. The lowest BCUT2D eigenvalue weighted by molar-refractivity contribution is 0.304. The highest BCUT2D eigenvalue weighted by Gasteiger charge is 1.99. The largest absolute Gasteiger partial charge is 0.494 e. The Morgan fingerprint density at radius 2 is 1.06 bits per heavy atom. The molecule has 196 valence electrons. The van der Waals surface area contributed by atoms with E-state index in [-0.39, 0.29) is 0 Å². The molecule has 0 saturated heterocycles. The Hall–Kier alpha value is -1.41. The highest BCUT2D eigenvalue weighted by molar-refractivity contribution is 7.98. The lowest BCUT2D eigenvalue weighted by atomic mass is 10.0. The van der Waals surface area contributed by atoms with Crippen LogP contribution >= 0.6 is 11.8 Å². The SMILES string of the molecule is CCCCCCCCCCCCCCCCCCOc1ccc(CCSCc2ccccc2)cc1. The number of hydrogen-bond donors (Lipinski definition) is 0. The molecule has 2 heteroatoms. The van der Waals surface area contributed by atoms with Crippen molar-refractivity contribution in [3.05, 3.63) is 65.7 Å². The van der Waals surface area contributed by atoms with Crippen LogP contribution in [0.3, 0.4) is 0 Å². The summed E-state index contributed by atoms with van der Waals surface area (Å²) in [5, 5.41) is 0. The van der Waals surface area contributed by atoms with E-state index in [1.165, 1.54) is 114 Å². The molecule has 0 heterocycles. The van der Waals surface area contributed by atoms with Crippen molar-refractivity contribution in [2.75, 3.05) is 12.4 Å². The highest BCUT2D eigenvalue weighted by atomic mass is 32.2. The number of hydrogen-bond acceptors (Lipinski definition) is 2. The van der Waals surface area contributed by atoms with E-state index >= 15 is 0 Å². The molecule has 2 aromatic rings. The molecule has 0 aliphatic carbocycles. The summed E-state index contributed by atoms with van der Waals surface area (Å²) < 4.78 is 5.96.